The van der Waals surface area contributed by atoms with Crippen LogP contribution >= 0.6 is 0 Å². The van der Waals surface area contributed by atoms with Gasteiger partial charge in [0.1, 0.15) is 0 Å². The number of nitrogens with one attached hydrogen (secondary N) is 2. The summed E-state index contributed by atoms with van der Waals surface area (Å²) in [5, 5.41) is 5.52. The quantitative estimate of drug-likeness (QED) is 0.782. The van der Waals surface area contributed by atoms with Crippen LogP contribution in [0.3, 0.4) is 0 Å². The first-order valence-electron chi connectivity index (χ1n) is 8.30. The molecule has 4 heteroatoms. The largest absolute Gasteiger partial charge is 0.359 e. The molecule has 0 atom stereocenters. The summed E-state index contributed by atoms with van der Waals surface area (Å²) in [7, 11) is 1.64. The third-order valence-electron chi connectivity index (χ3n) is 3.87. The van der Waals surface area contributed by atoms with Gasteiger partial charge < -0.3 is 10.6 Å². The van der Waals surface area contributed by atoms with E-state index >= 15 is 0 Å². The average Bonchev–Trinajstić information content (AvgIpc) is 2.61. The zero-order valence-corrected chi connectivity index (χ0v) is 14.0. The highest BCUT2D eigenvalue weighted by Gasteiger charge is 2.04. The van der Waals surface area contributed by atoms with Crippen LogP contribution in [0.5, 0.6) is 0 Å². The van der Waals surface area contributed by atoms with Crippen molar-refractivity contribution in [3.05, 3.63) is 65.7 Å². The number of anilines is 1. The number of hydrogen-bond donors (Lipinski definition) is 2. The van der Waals surface area contributed by atoms with Crippen LogP contribution in [0, 0.1) is 0 Å². The van der Waals surface area contributed by atoms with E-state index in [1.165, 1.54) is 5.56 Å². The van der Waals surface area contributed by atoms with Gasteiger partial charge in [0, 0.05) is 25.6 Å². The van der Waals surface area contributed by atoms with Crippen molar-refractivity contribution < 1.29 is 9.59 Å². The Morgan fingerprint density at radius 1 is 0.792 bits per heavy atom. The molecule has 2 aromatic carbocycles. The van der Waals surface area contributed by atoms with Gasteiger partial charge in [0.05, 0.1) is 0 Å². The summed E-state index contributed by atoms with van der Waals surface area (Å²) < 4.78 is 0. The summed E-state index contributed by atoms with van der Waals surface area (Å²) in [6, 6.07) is 17.8. The average molecular weight is 324 g/mol. The van der Waals surface area contributed by atoms with Crippen molar-refractivity contribution in [2.75, 3.05) is 12.4 Å². The van der Waals surface area contributed by atoms with Gasteiger partial charge in [0.15, 0.2) is 0 Å². The Bertz CT molecular complexity index is 651. The molecule has 24 heavy (non-hydrogen) atoms. The molecule has 126 valence electrons. The molecule has 2 amide bonds. The SMILES string of the molecule is CNC(=O)CCc1ccc(NC(=O)CCCc2ccccc2)cc1. The van der Waals surface area contributed by atoms with E-state index in [4.69, 9.17) is 0 Å². The maximum absolute atomic E-state index is 12.0. The Balaban J connectivity index is 1.72. The number of carbonyl (C=O) groups excluding carboxylic acids is 2. The molecule has 0 aliphatic heterocycles. The minimum atomic E-state index is 0.0315. The fourth-order valence-corrected chi connectivity index (χ4v) is 2.46. The lowest BCUT2D eigenvalue weighted by molar-refractivity contribution is -0.120. The smallest absolute Gasteiger partial charge is 0.224 e. The van der Waals surface area contributed by atoms with Crippen LogP contribution in [0.2, 0.25) is 0 Å². The van der Waals surface area contributed by atoms with Gasteiger partial charge in [-0.1, -0.05) is 42.5 Å². The van der Waals surface area contributed by atoms with Crippen LogP contribution < -0.4 is 10.6 Å². The maximum atomic E-state index is 12.0. The minimum Gasteiger partial charge on any atom is -0.359 e. The van der Waals surface area contributed by atoms with Crippen LogP contribution in [0.15, 0.2) is 54.6 Å². The zero-order chi connectivity index (χ0) is 17.2. The molecule has 0 saturated carbocycles. The molecule has 0 aromatic heterocycles. The lowest BCUT2D eigenvalue weighted by Crippen LogP contribution is -2.17. The Morgan fingerprint density at radius 3 is 2.12 bits per heavy atom. The highest BCUT2D eigenvalue weighted by atomic mass is 16.2. The van der Waals surface area contributed by atoms with Gasteiger partial charge in [0.25, 0.3) is 0 Å². The second-order valence-electron chi connectivity index (χ2n) is 5.76. The lowest BCUT2D eigenvalue weighted by Gasteiger charge is -2.07. The molecular formula is C20H24N2O2. The minimum absolute atomic E-state index is 0.0315. The molecule has 0 unspecified atom stereocenters. The number of aryl methyl sites for hydroxylation is 2. The monoisotopic (exact) mass is 324 g/mol. The van der Waals surface area contributed by atoms with E-state index in [0.717, 1.165) is 24.1 Å². The second-order valence-corrected chi connectivity index (χ2v) is 5.76. The van der Waals surface area contributed by atoms with Gasteiger partial charge in [-0.3, -0.25) is 9.59 Å². The Morgan fingerprint density at radius 2 is 1.46 bits per heavy atom. The fraction of sp³-hybridized carbons (Fsp3) is 0.300. The lowest BCUT2D eigenvalue weighted by atomic mass is 10.1. The topological polar surface area (TPSA) is 58.2 Å². The molecule has 0 saturated heterocycles. The first-order chi connectivity index (χ1) is 11.7. The molecule has 0 bridgehead atoms. The third-order valence-corrected chi connectivity index (χ3v) is 3.87. The van der Waals surface area contributed by atoms with E-state index in [2.05, 4.69) is 22.8 Å². The molecule has 2 aromatic rings. The summed E-state index contributed by atoms with van der Waals surface area (Å²) in [6.45, 7) is 0. The van der Waals surface area contributed by atoms with Crippen molar-refractivity contribution in [3.8, 4) is 0 Å². The fourth-order valence-electron chi connectivity index (χ4n) is 2.46. The number of benzene rings is 2. The number of carbonyl (C=O) groups is 2. The molecule has 0 aliphatic rings. The molecule has 0 heterocycles. The Hall–Kier alpha value is -2.62. The molecule has 0 radical (unpaired) electrons. The van der Waals surface area contributed by atoms with Gasteiger partial charge in [-0.15, -0.1) is 0 Å². The van der Waals surface area contributed by atoms with Crippen molar-refractivity contribution >= 4 is 17.5 Å². The van der Waals surface area contributed by atoms with Crippen LogP contribution in [0.1, 0.15) is 30.4 Å². The van der Waals surface area contributed by atoms with Gasteiger partial charge in [0.2, 0.25) is 11.8 Å². The van der Waals surface area contributed by atoms with E-state index in [1.54, 1.807) is 7.05 Å². The van der Waals surface area contributed by atoms with E-state index < -0.39 is 0 Å². The van der Waals surface area contributed by atoms with Crippen molar-refractivity contribution in [2.24, 2.45) is 0 Å². The molecule has 2 N–H and O–H groups in total. The standard InChI is InChI=1S/C20H24N2O2/c1-21-19(23)15-12-17-10-13-18(14-11-17)22-20(24)9-5-8-16-6-3-2-4-7-16/h2-4,6-7,10-11,13-14H,5,8-9,12,15H2,1H3,(H,21,23)(H,22,24). The molecule has 4 nitrogen and oxygen atoms in total. The molecule has 2 rings (SSSR count). The summed E-state index contributed by atoms with van der Waals surface area (Å²) in [5.41, 5.74) is 3.13. The van der Waals surface area contributed by atoms with E-state index in [1.807, 2.05) is 42.5 Å². The molecule has 0 aliphatic carbocycles. The molecule has 0 fully saturated rings. The van der Waals surface area contributed by atoms with Gasteiger partial charge in [-0.25, -0.2) is 0 Å². The van der Waals surface area contributed by atoms with Crippen molar-refractivity contribution in [3.63, 3.8) is 0 Å². The highest BCUT2D eigenvalue weighted by Crippen LogP contribution is 2.12. The maximum Gasteiger partial charge on any atom is 0.224 e. The van der Waals surface area contributed by atoms with Gasteiger partial charge >= 0.3 is 0 Å². The zero-order valence-electron chi connectivity index (χ0n) is 14.0. The first-order valence-corrected chi connectivity index (χ1v) is 8.30. The number of hydrogen-bond acceptors (Lipinski definition) is 2. The predicted molar refractivity (Wildman–Crippen MR) is 96.8 cm³/mol. The summed E-state index contributed by atoms with van der Waals surface area (Å²) >= 11 is 0. The van der Waals surface area contributed by atoms with Crippen molar-refractivity contribution in [2.45, 2.75) is 32.1 Å². The van der Waals surface area contributed by atoms with Crippen LogP contribution in [-0.4, -0.2) is 18.9 Å². The number of rotatable bonds is 8. The van der Waals surface area contributed by atoms with E-state index in [0.29, 0.717) is 19.3 Å². The van der Waals surface area contributed by atoms with E-state index in [9.17, 15) is 9.59 Å². The summed E-state index contributed by atoms with van der Waals surface area (Å²) in [6.07, 6.45) is 3.42. The third kappa shape index (κ3) is 6.24. The van der Waals surface area contributed by atoms with Crippen molar-refractivity contribution in [1.29, 1.82) is 0 Å². The van der Waals surface area contributed by atoms with Crippen LogP contribution in [0.4, 0.5) is 5.69 Å². The Kier molecular flexibility index (Phi) is 7.02. The highest BCUT2D eigenvalue weighted by molar-refractivity contribution is 5.90. The molecule has 0 spiro atoms. The predicted octanol–water partition coefficient (Wildman–Crippen LogP) is 3.33. The number of amides is 2. The summed E-state index contributed by atoms with van der Waals surface area (Å²) in [5.74, 6) is 0.0647. The normalized spacial score (nSPS) is 10.2. The van der Waals surface area contributed by atoms with Crippen molar-refractivity contribution in [1.82, 2.24) is 5.32 Å². The second kappa shape index (κ2) is 9.50. The van der Waals surface area contributed by atoms with Gasteiger partial charge in [-0.05, 0) is 42.5 Å². The van der Waals surface area contributed by atoms with E-state index in [-0.39, 0.29) is 11.8 Å². The Labute approximate surface area is 143 Å². The molecular weight excluding hydrogens is 300 g/mol. The van der Waals surface area contributed by atoms with Crippen LogP contribution in [0.25, 0.3) is 0 Å². The first kappa shape index (κ1) is 17.7. The van der Waals surface area contributed by atoms with Crippen LogP contribution in [-0.2, 0) is 22.4 Å². The van der Waals surface area contributed by atoms with Gasteiger partial charge in [-0.2, -0.15) is 0 Å². The summed E-state index contributed by atoms with van der Waals surface area (Å²) in [4.78, 5) is 23.2.